The molecule has 2 heterocycles. The largest absolute Gasteiger partial charge is 0.494 e. The van der Waals surface area contributed by atoms with Crippen molar-refractivity contribution in [3.8, 4) is 11.6 Å². The van der Waals surface area contributed by atoms with E-state index in [1.54, 1.807) is 24.3 Å². The maximum absolute atomic E-state index is 12.9. The Morgan fingerprint density at radius 3 is 2.73 bits per heavy atom. The standard InChI is InChI=1S/C19H24N2O4S/c1-4-24-18-9-8-17(12-14(18)2)26(22,23)21-11-10-16(13-21)25-19-7-5-6-15(3)20-19/h5-9,12,16H,4,10-11,13H2,1-3H3. The van der Waals surface area contributed by atoms with Crippen molar-refractivity contribution in [3.05, 3.63) is 47.7 Å². The smallest absolute Gasteiger partial charge is 0.243 e. The monoisotopic (exact) mass is 376 g/mol. The van der Waals surface area contributed by atoms with Gasteiger partial charge in [-0.2, -0.15) is 4.31 Å². The van der Waals surface area contributed by atoms with E-state index in [4.69, 9.17) is 9.47 Å². The number of sulfonamides is 1. The van der Waals surface area contributed by atoms with Crippen molar-refractivity contribution in [1.82, 2.24) is 9.29 Å². The van der Waals surface area contributed by atoms with Gasteiger partial charge in [-0.3, -0.25) is 0 Å². The molecule has 1 unspecified atom stereocenters. The fourth-order valence-corrected chi connectivity index (χ4v) is 4.59. The number of hydrogen-bond donors (Lipinski definition) is 0. The molecule has 0 amide bonds. The van der Waals surface area contributed by atoms with Crippen LogP contribution in [0.4, 0.5) is 0 Å². The lowest BCUT2D eigenvalue weighted by molar-refractivity contribution is 0.206. The molecule has 1 aromatic heterocycles. The zero-order chi connectivity index (χ0) is 18.7. The number of aromatic nitrogens is 1. The van der Waals surface area contributed by atoms with Crippen molar-refractivity contribution in [2.45, 2.75) is 38.2 Å². The fraction of sp³-hybridized carbons (Fsp3) is 0.421. The van der Waals surface area contributed by atoms with Crippen molar-refractivity contribution in [1.29, 1.82) is 0 Å². The third kappa shape index (κ3) is 3.99. The van der Waals surface area contributed by atoms with E-state index in [0.717, 1.165) is 11.3 Å². The number of pyridine rings is 1. The SMILES string of the molecule is CCOc1ccc(S(=O)(=O)N2CCC(Oc3cccc(C)n3)C2)cc1C. The first-order valence-corrected chi connectivity index (χ1v) is 10.2. The zero-order valence-corrected chi connectivity index (χ0v) is 16.1. The maximum atomic E-state index is 12.9. The molecule has 3 rings (SSSR count). The van der Waals surface area contributed by atoms with Gasteiger partial charge in [-0.25, -0.2) is 13.4 Å². The number of benzene rings is 1. The van der Waals surface area contributed by atoms with Crippen molar-refractivity contribution < 1.29 is 17.9 Å². The van der Waals surface area contributed by atoms with Crippen LogP contribution in [-0.2, 0) is 10.0 Å². The van der Waals surface area contributed by atoms with Crippen molar-refractivity contribution in [3.63, 3.8) is 0 Å². The molecule has 0 saturated carbocycles. The molecule has 1 aliphatic rings. The Hall–Kier alpha value is -2.12. The number of rotatable bonds is 6. The molecule has 1 aliphatic heterocycles. The molecule has 1 atom stereocenters. The summed E-state index contributed by atoms with van der Waals surface area (Å²) < 4.78 is 38.7. The average Bonchev–Trinajstić information content (AvgIpc) is 3.06. The number of hydrogen-bond acceptors (Lipinski definition) is 5. The fourth-order valence-electron chi connectivity index (χ4n) is 3.02. The topological polar surface area (TPSA) is 68.7 Å². The van der Waals surface area contributed by atoms with Gasteiger partial charge in [-0.1, -0.05) is 6.07 Å². The Kier molecular flexibility index (Phi) is 5.48. The molecule has 140 valence electrons. The van der Waals surface area contributed by atoms with Gasteiger partial charge in [0.05, 0.1) is 18.0 Å². The average molecular weight is 376 g/mol. The van der Waals surface area contributed by atoms with Crippen LogP contribution in [0.1, 0.15) is 24.6 Å². The first-order valence-electron chi connectivity index (χ1n) is 8.74. The summed E-state index contributed by atoms with van der Waals surface area (Å²) in [5.41, 5.74) is 1.68. The Bertz CT molecular complexity index is 883. The first kappa shape index (κ1) is 18.7. The highest BCUT2D eigenvalue weighted by Crippen LogP contribution is 2.27. The molecule has 1 saturated heterocycles. The summed E-state index contributed by atoms with van der Waals surface area (Å²) in [6.07, 6.45) is 0.452. The van der Waals surface area contributed by atoms with Crippen LogP contribution in [0, 0.1) is 13.8 Å². The molecule has 0 radical (unpaired) electrons. The summed E-state index contributed by atoms with van der Waals surface area (Å²) >= 11 is 0. The lowest BCUT2D eigenvalue weighted by atomic mass is 10.2. The Morgan fingerprint density at radius 1 is 1.23 bits per heavy atom. The molecule has 1 aromatic carbocycles. The van der Waals surface area contributed by atoms with Crippen molar-refractivity contribution in [2.24, 2.45) is 0 Å². The third-order valence-electron chi connectivity index (χ3n) is 4.34. The number of aryl methyl sites for hydroxylation is 2. The van der Waals surface area contributed by atoms with Crippen LogP contribution in [0.25, 0.3) is 0 Å². The normalized spacial score (nSPS) is 18.0. The van der Waals surface area contributed by atoms with E-state index in [0.29, 0.717) is 37.7 Å². The minimum Gasteiger partial charge on any atom is -0.494 e. The van der Waals surface area contributed by atoms with Crippen LogP contribution in [0.5, 0.6) is 11.6 Å². The predicted octanol–water partition coefficient (Wildman–Crippen LogP) is 2.94. The van der Waals surface area contributed by atoms with Crippen LogP contribution >= 0.6 is 0 Å². The van der Waals surface area contributed by atoms with Gasteiger partial charge >= 0.3 is 0 Å². The van der Waals surface area contributed by atoms with Gasteiger partial charge in [-0.05, 0) is 57.0 Å². The van der Waals surface area contributed by atoms with Crippen molar-refractivity contribution >= 4 is 10.0 Å². The molecule has 0 N–H and O–H groups in total. The lowest BCUT2D eigenvalue weighted by Gasteiger charge is -2.18. The van der Waals surface area contributed by atoms with Gasteiger partial charge in [0.25, 0.3) is 0 Å². The highest BCUT2D eigenvalue weighted by Gasteiger charge is 2.34. The summed E-state index contributed by atoms with van der Waals surface area (Å²) in [6, 6.07) is 10.5. The van der Waals surface area contributed by atoms with E-state index < -0.39 is 10.0 Å². The molecule has 1 fully saturated rings. The van der Waals surface area contributed by atoms with E-state index in [-0.39, 0.29) is 11.0 Å². The number of ether oxygens (including phenoxy) is 2. The van der Waals surface area contributed by atoms with E-state index in [1.807, 2.05) is 32.9 Å². The molecule has 26 heavy (non-hydrogen) atoms. The highest BCUT2D eigenvalue weighted by atomic mass is 32.2. The Labute approximate surface area is 154 Å². The van der Waals surface area contributed by atoms with E-state index in [1.165, 1.54) is 4.31 Å². The summed E-state index contributed by atoms with van der Waals surface area (Å²) in [7, 11) is -3.55. The second kappa shape index (κ2) is 7.63. The van der Waals surface area contributed by atoms with E-state index in [9.17, 15) is 8.42 Å². The molecule has 0 aliphatic carbocycles. The van der Waals surface area contributed by atoms with Crippen LogP contribution in [0.3, 0.4) is 0 Å². The molecule has 7 heteroatoms. The molecule has 2 aromatic rings. The predicted molar refractivity (Wildman–Crippen MR) is 99.1 cm³/mol. The highest BCUT2D eigenvalue weighted by molar-refractivity contribution is 7.89. The van der Waals surface area contributed by atoms with Crippen molar-refractivity contribution in [2.75, 3.05) is 19.7 Å². The summed E-state index contributed by atoms with van der Waals surface area (Å²) in [4.78, 5) is 4.60. The molecule has 0 bridgehead atoms. The second-order valence-electron chi connectivity index (χ2n) is 6.37. The summed E-state index contributed by atoms with van der Waals surface area (Å²) in [6.45, 7) is 6.95. The minimum atomic E-state index is -3.55. The molecular weight excluding hydrogens is 352 g/mol. The van der Waals surface area contributed by atoms with Crippen LogP contribution in [-0.4, -0.2) is 43.5 Å². The first-order chi connectivity index (χ1) is 12.4. The van der Waals surface area contributed by atoms with Gasteiger partial charge in [0.1, 0.15) is 11.9 Å². The van der Waals surface area contributed by atoms with Gasteiger partial charge in [-0.15, -0.1) is 0 Å². The Balaban J connectivity index is 1.71. The van der Waals surface area contributed by atoms with Crippen LogP contribution in [0.2, 0.25) is 0 Å². The van der Waals surface area contributed by atoms with Gasteiger partial charge in [0.15, 0.2) is 0 Å². The summed E-state index contributed by atoms with van der Waals surface area (Å²) in [5, 5.41) is 0. The molecular formula is C19H24N2O4S. The van der Waals surface area contributed by atoms with E-state index in [2.05, 4.69) is 4.98 Å². The van der Waals surface area contributed by atoms with Crippen LogP contribution in [0.15, 0.2) is 41.3 Å². The van der Waals surface area contributed by atoms with Gasteiger partial charge in [0, 0.05) is 18.3 Å². The van der Waals surface area contributed by atoms with E-state index >= 15 is 0 Å². The molecule has 0 spiro atoms. The van der Waals surface area contributed by atoms with Gasteiger partial charge in [0.2, 0.25) is 15.9 Å². The lowest BCUT2D eigenvalue weighted by Crippen LogP contribution is -2.31. The quantitative estimate of drug-likeness (QED) is 0.775. The number of nitrogens with zero attached hydrogens (tertiary/aromatic N) is 2. The maximum Gasteiger partial charge on any atom is 0.243 e. The molecule has 6 nitrogen and oxygen atoms in total. The van der Waals surface area contributed by atoms with Gasteiger partial charge < -0.3 is 9.47 Å². The zero-order valence-electron chi connectivity index (χ0n) is 15.3. The second-order valence-corrected chi connectivity index (χ2v) is 8.31. The Morgan fingerprint density at radius 2 is 2.04 bits per heavy atom. The van der Waals surface area contributed by atoms with Crippen LogP contribution < -0.4 is 9.47 Å². The minimum absolute atomic E-state index is 0.192. The summed E-state index contributed by atoms with van der Waals surface area (Å²) in [5.74, 6) is 1.24. The third-order valence-corrected chi connectivity index (χ3v) is 6.20.